The molecule has 4 heteroatoms. The maximum absolute atomic E-state index is 2.64. The highest BCUT2D eigenvalue weighted by molar-refractivity contribution is 7.98. The van der Waals surface area contributed by atoms with Crippen molar-refractivity contribution in [3.63, 3.8) is 0 Å². The number of rotatable bonds is 10. The Morgan fingerprint density at radius 3 is 1.35 bits per heavy atom. The molecule has 2 heterocycles. The first-order chi connectivity index (χ1) is 12.9. The molecule has 3 rings (SSSR count). The molecule has 1 aromatic carbocycles. The Morgan fingerprint density at radius 2 is 0.962 bits per heavy atom. The molecule has 0 aromatic heterocycles. The first-order valence-corrected chi connectivity index (χ1v) is 12.9. The molecule has 0 radical (unpaired) electrons. The number of hydrogen-bond donors (Lipinski definition) is 0. The van der Waals surface area contributed by atoms with Gasteiger partial charge in [0.1, 0.15) is 0 Å². The van der Waals surface area contributed by atoms with Crippen molar-refractivity contribution >= 4 is 23.5 Å². The fourth-order valence-electron chi connectivity index (χ4n) is 3.87. The van der Waals surface area contributed by atoms with Crippen LogP contribution in [-0.4, -0.2) is 60.6 Å². The monoisotopic (exact) mass is 392 g/mol. The Morgan fingerprint density at radius 1 is 0.577 bits per heavy atom. The topological polar surface area (TPSA) is 6.48 Å². The molecule has 0 spiro atoms. The van der Waals surface area contributed by atoms with E-state index in [2.05, 4.69) is 57.6 Å². The summed E-state index contributed by atoms with van der Waals surface area (Å²) in [5.74, 6) is 4.87. The molecule has 26 heavy (non-hydrogen) atoms. The highest BCUT2D eigenvalue weighted by Crippen LogP contribution is 2.18. The molecule has 2 fully saturated rings. The van der Waals surface area contributed by atoms with Gasteiger partial charge in [-0.3, -0.25) is 0 Å². The summed E-state index contributed by atoms with van der Waals surface area (Å²) in [6.45, 7) is 7.84. The van der Waals surface area contributed by atoms with Gasteiger partial charge in [-0.05, 0) is 63.0 Å². The van der Waals surface area contributed by atoms with E-state index in [0.29, 0.717) is 0 Å². The van der Waals surface area contributed by atoms with Crippen molar-refractivity contribution in [2.75, 3.05) is 50.8 Å². The summed E-state index contributed by atoms with van der Waals surface area (Å²) in [5.41, 5.74) is 2.96. The average Bonchev–Trinajstić information content (AvgIpc) is 2.71. The van der Waals surface area contributed by atoms with Gasteiger partial charge in [0.2, 0.25) is 0 Å². The third kappa shape index (κ3) is 7.84. The summed E-state index contributed by atoms with van der Waals surface area (Å²) >= 11 is 4.18. The fraction of sp³-hybridized carbons (Fsp3) is 0.727. The highest BCUT2D eigenvalue weighted by atomic mass is 32.2. The molecular formula is C22H36N2S2. The lowest BCUT2D eigenvalue weighted by Crippen LogP contribution is -2.31. The smallest absolute Gasteiger partial charge is 0.0185 e. The first-order valence-electron chi connectivity index (χ1n) is 10.6. The molecule has 2 aliphatic heterocycles. The second kappa shape index (κ2) is 12.3. The van der Waals surface area contributed by atoms with E-state index in [1.165, 1.54) is 100 Å². The second-order valence-corrected chi connectivity index (χ2v) is 9.94. The summed E-state index contributed by atoms with van der Waals surface area (Å²) < 4.78 is 0. The Balaban J connectivity index is 1.24. The highest BCUT2D eigenvalue weighted by Gasteiger charge is 2.10. The van der Waals surface area contributed by atoms with Gasteiger partial charge in [0.25, 0.3) is 0 Å². The van der Waals surface area contributed by atoms with E-state index in [-0.39, 0.29) is 0 Å². The van der Waals surface area contributed by atoms with Gasteiger partial charge in [-0.25, -0.2) is 0 Å². The van der Waals surface area contributed by atoms with Crippen LogP contribution in [-0.2, 0) is 11.5 Å². The van der Waals surface area contributed by atoms with Crippen molar-refractivity contribution < 1.29 is 0 Å². The van der Waals surface area contributed by atoms with Gasteiger partial charge < -0.3 is 9.80 Å². The van der Waals surface area contributed by atoms with Crippen LogP contribution in [0.15, 0.2) is 24.3 Å². The molecule has 0 amide bonds. The molecule has 2 aliphatic rings. The van der Waals surface area contributed by atoms with Crippen molar-refractivity contribution in [3.05, 3.63) is 35.4 Å². The lowest BCUT2D eigenvalue weighted by atomic mass is 10.1. The minimum absolute atomic E-state index is 1.16. The van der Waals surface area contributed by atoms with Crippen LogP contribution < -0.4 is 0 Å². The Bertz CT molecular complexity index is 434. The zero-order valence-corrected chi connectivity index (χ0v) is 18.0. The second-order valence-electron chi connectivity index (χ2n) is 7.73. The number of nitrogens with zero attached hydrogens (tertiary/aromatic N) is 2. The SMILES string of the molecule is c1cc(CSCCN2CCCCC2)ccc1CSCCN1CCCCC1. The number of likely N-dealkylation sites (tertiary alicyclic amines) is 2. The van der Waals surface area contributed by atoms with Crippen LogP contribution in [0.25, 0.3) is 0 Å². The van der Waals surface area contributed by atoms with Crippen LogP contribution in [0.2, 0.25) is 0 Å². The number of thioether (sulfide) groups is 2. The van der Waals surface area contributed by atoms with Crippen molar-refractivity contribution in [3.8, 4) is 0 Å². The minimum atomic E-state index is 1.16. The standard InChI is InChI=1S/C22H36N2S2/c1-3-11-23(12-4-1)15-17-25-19-21-7-9-22(10-8-21)20-26-18-16-24-13-5-2-6-14-24/h7-10H,1-6,11-20H2. The molecule has 2 nitrogen and oxygen atoms in total. The Hall–Kier alpha value is -0.160. The van der Waals surface area contributed by atoms with E-state index in [9.17, 15) is 0 Å². The molecule has 0 atom stereocenters. The number of benzene rings is 1. The molecule has 0 saturated carbocycles. The van der Waals surface area contributed by atoms with Gasteiger partial charge >= 0.3 is 0 Å². The van der Waals surface area contributed by atoms with Gasteiger partial charge in [0.05, 0.1) is 0 Å². The van der Waals surface area contributed by atoms with E-state index in [4.69, 9.17) is 0 Å². The predicted molar refractivity (Wildman–Crippen MR) is 119 cm³/mol. The lowest BCUT2D eigenvalue weighted by Gasteiger charge is -2.26. The lowest BCUT2D eigenvalue weighted by molar-refractivity contribution is 0.242. The average molecular weight is 393 g/mol. The van der Waals surface area contributed by atoms with Crippen LogP contribution in [0, 0.1) is 0 Å². The maximum Gasteiger partial charge on any atom is 0.0185 e. The molecule has 0 N–H and O–H groups in total. The summed E-state index contributed by atoms with van der Waals surface area (Å²) in [7, 11) is 0. The Kier molecular flexibility index (Phi) is 9.75. The minimum Gasteiger partial charge on any atom is -0.303 e. The third-order valence-electron chi connectivity index (χ3n) is 5.56. The molecule has 0 unspecified atom stereocenters. The molecule has 0 aliphatic carbocycles. The van der Waals surface area contributed by atoms with Crippen molar-refractivity contribution in [1.82, 2.24) is 9.80 Å². The third-order valence-corrected chi connectivity index (χ3v) is 7.58. The van der Waals surface area contributed by atoms with Crippen LogP contribution in [0.4, 0.5) is 0 Å². The zero-order valence-electron chi connectivity index (χ0n) is 16.3. The van der Waals surface area contributed by atoms with Crippen LogP contribution in [0.5, 0.6) is 0 Å². The molecule has 1 aromatic rings. The Labute approximate surface area is 169 Å². The summed E-state index contributed by atoms with van der Waals surface area (Å²) in [5, 5.41) is 0. The fourth-order valence-corrected chi connectivity index (χ4v) is 5.78. The van der Waals surface area contributed by atoms with Crippen LogP contribution in [0.1, 0.15) is 49.7 Å². The number of piperidine rings is 2. The van der Waals surface area contributed by atoms with Crippen molar-refractivity contribution in [2.45, 2.75) is 50.0 Å². The van der Waals surface area contributed by atoms with Gasteiger partial charge in [-0.1, -0.05) is 37.1 Å². The first kappa shape index (κ1) is 20.6. The van der Waals surface area contributed by atoms with E-state index in [1.54, 1.807) is 0 Å². The summed E-state index contributed by atoms with van der Waals surface area (Å²) in [6, 6.07) is 9.37. The van der Waals surface area contributed by atoms with Gasteiger partial charge in [0, 0.05) is 36.1 Å². The molecular weight excluding hydrogens is 356 g/mol. The summed E-state index contributed by atoms with van der Waals surface area (Å²) in [6.07, 6.45) is 8.49. The van der Waals surface area contributed by atoms with Gasteiger partial charge in [0.15, 0.2) is 0 Å². The van der Waals surface area contributed by atoms with Crippen LogP contribution >= 0.6 is 23.5 Å². The summed E-state index contributed by atoms with van der Waals surface area (Å²) in [4.78, 5) is 5.28. The maximum atomic E-state index is 2.64. The molecule has 2 saturated heterocycles. The quantitative estimate of drug-likeness (QED) is 0.509. The van der Waals surface area contributed by atoms with Crippen molar-refractivity contribution in [1.29, 1.82) is 0 Å². The predicted octanol–water partition coefficient (Wildman–Crippen LogP) is 5.12. The van der Waals surface area contributed by atoms with Gasteiger partial charge in [-0.2, -0.15) is 23.5 Å². The largest absolute Gasteiger partial charge is 0.303 e. The number of hydrogen-bond acceptors (Lipinski definition) is 4. The van der Waals surface area contributed by atoms with Crippen molar-refractivity contribution in [2.24, 2.45) is 0 Å². The molecule has 0 bridgehead atoms. The van der Waals surface area contributed by atoms with Crippen LogP contribution in [0.3, 0.4) is 0 Å². The zero-order chi connectivity index (χ0) is 17.9. The van der Waals surface area contributed by atoms with Gasteiger partial charge in [-0.15, -0.1) is 0 Å². The van der Waals surface area contributed by atoms with E-state index in [1.807, 2.05) is 0 Å². The van der Waals surface area contributed by atoms with E-state index >= 15 is 0 Å². The van der Waals surface area contributed by atoms with E-state index < -0.39 is 0 Å². The molecule has 146 valence electrons. The normalized spacial score (nSPS) is 19.7. The van der Waals surface area contributed by atoms with E-state index in [0.717, 1.165) is 11.5 Å².